The van der Waals surface area contributed by atoms with Gasteiger partial charge in [0.1, 0.15) is 69.8 Å². The van der Waals surface area contributed by atoms with Crippen LogP contribution in [0.2, 0.25) is 0 Å². The molecular formula is C47H37F12N6O2Yb. The second kappa shape index (κ2) is 30.7. The zero-order valence-corrected chi connectivity index (χ0v) is 36.8. The number of hydrogen-bond acceptors (Lipinski definition) is 5. The van der Waals surface area contributed by atoms with Crippen molar-refractivity contribution in [3.63, 3.8) is 0 Å². The molecule has 0 saturated carbocycles. The number of rotatable bonds is 9. The van der Waals surface area contributed by atoms with Gasteiger partial charge >= 0.3 is 46.9 Å². The van der Waals surface area contributed by atoms with E-state index in [4.69, 9.17) is 9.47 Å². The minimum absolute atomic E-state index is 0. The fraction of sp³-hybridized carbons (Fsp3) is 0.170. The van der Waals surface area contributed by atoms with Gasteiger partial charge in [-0.05, 0) is 98.5 Å². The van der Waals surface area contributed by atoms with E-state index in [0.717, 1.165) is 99.2 Å². The first kappa shape index (κ1) is 56.7. The average molecular weight is 1120 g/mol. The van der Waals surface area contributed by atoms with Gasteiger partial charge < -0.3 is 40.4 Å². The van der Waals surface area contributed by atoms with Crippen molar-refractivity contribution in [1.82, 2.24) is 0 Å². The van der Waals surface area contributed by atoms with E-state index in [2.05, 4.69) is 30.9 Å². The Labute approximate surface area is 421 Å². The molecule has 2 heterocycles. The van der Waals surface area contributed by atoms with Crippen molar-refractivity contribution >= 4 is 53.1 Å². The first-order chi connectivity index (χ1) is 32.3. The van der Waals surface area contributed by atoms with Gasteiger partial charge in [0.15, 0.2) is 0 Å². The van der Waals surface area contributed by atoms with Crippen molar-refractivity contribution in [3.8, 4) is 0 Å². The third kappa shape index (κ3) is 18.8. The van der Waals surface area contributed by atoms with Crippen LogP contribution in [0.25, 0.3) is 16.0 Å². The van der Waals surface area contributed by atoms with E-state index in [1.807, 2.05) is 0 Å². The first-order valence-corrected chi connectivity index (χ1v) is 19.8. The molecule has 2 saturated heterocycles. The normalized spacial score (nSPS) is 12.7. The molecule has 2 aliphatic heterocycles. The van der Waals surface area contributed by atoms with E-state index in [-0.39, 0.29) is 46.9 Å². The molecule has 0 aliphatic carbocycles. The zero-order valence-electron chi connectivity index (χ0n) is 35.1. The maximum absolute atomic E-state index is 13.2. The maximum Gasteiger partial charge on any atom is 3.00 e. The Morgan fingerprint density at radius 2 is 0.485 bits per heavy atom. The molecule has 0 bridgehead atoms. The molecular weight excluding hydrogens is 1080 g/mol. The van der Waals surface area contributed by atoms with E-state index in [1.54, 1.807) is 0 Å². The van der Waals surface area contributed by atoms with Gasteiger partial charge in [0.05, 0.1) is 0 Å². The van der Waals surface area contributed by atoms with Gasteiger partial charge in [-0.25, -0.2) is 52.7 Å². The number of nitrogens with zero attached hydrogens (tertiary/aromatic N) is 6. The second-order valence-corrected chi connectivity index (χ2v) is 13.2. The Morgan fingerprint density at radius 3 is 0.647 bits per heavy atom. The Bertz CT molecular complexity index is 2190. The molecule has 0 N–H and O–H groups in total. The summed E-state index contributed by atoms with van der Waals surface area (Å²) in [5.41, 5.74) is -3.40. The Kier molecular flexibility index (Phi) is 25.5. The molecule has 6 aromatic rings. The SMILES string of the molecule is C1CCOC1.C1CCOC1.Fc1cccc(F)c1N=C[N-]c1c(F)cccc1F.Fc1cccc(F)c1N=C[N-]c1c(F)cccc1F.Fc1cccc(F)c1N=C[N-]c1c(F)cccc1F.[Yb+3]. The summed E-state index contributed by atoms with van der Waals surface area (Å²) < 4.78 is 168. The van der Waals surface area contributed by atoms with Crippen LogP contribution < -0.4 is 0 Å². The van der Waals surface area contributed by atoms with Gasteiger partial charge in [0.2, 0.25) is 0 Å². The molecule has 6 aromatic carbocycles. The number of halogens is 12. The van der Waals surface area contributed by atoms with Crippen LogP contribution in [-0.4, -0.2) is 45.4 Å². The summed E-state index contributed by atoms with van der Waals surface area (Å²) in [7, 11) is 0. The second-order valence-electron chi connectivity index (χ2n) is 13.2. The Balaban J connectivity index is 0.000000242. The fourth-order valence-corrected chi connectivity index (χ4v) is 5.13. The number of hydrogen-bond donors (Lipinski definition) is 0. The molecule has 8 nitrogen and oxygen atoms in total. The van der Waals surface area contributed by atoms with Crippen LogP contribution in [0.15, 0.2) is 124 Å². The Morgan fingerprint density at radius 1 is 0.309 bits per heavy atom. The first-order valence-electron chi connectivity index (χ1n) is 19.8. The molecule has 21 heteroatoms. The van der Waals surface area contributed by atoms with Gasteiger partial charge in [-0.3, -0.25) is 0 Å². The van der Waals surface area contributed by atoms with Crippen molar-refractivity contribution in [2.24, 2.45) is 15.0 Å². The summed E-state index contributed by atoms with van der Waals surface area (Å²) in [6.07, 6.45) is 7.20. The van der Waals surface area contributed by atoms with Crippen molar-refractivity contribution in [1.29, 1.82) is 0 Å². The fourth-order valence-electron chi connectivity index (χ4n) is 5.13. The van der Waals surface area contributed by atoms with Crippen molar-refractivity contribution in [2.45, 2.75) is 25.7 Å². The summed E-state index contributed by atoms with van der Waals surface area (Å²) in [6.45, 7) is 4.00. The smallest absolute Gasteiger partial charge is 0.438 e. The molecule has 0 amide bonds. The van der Waals surface area contributed by atoms with Crippen LogP contribution in [0.5, 0.6) is 0 Å². The minimum Gasteiger partial charge on any atom is -0.438 e. The van der Waals surface area contributed by atoms with E-state index in [1.165, 1.54) is 62.1 Å². The summed E-state index contributed by atoms with van der Waals surface area (Å²) >= 11 is 0. The summed E-state index contributed by atoms with van der Waals surface area (Å²) in [5, 5.41) is 10.2. The van der Waals surface area contributed by atoms with Gasteiger partial charge in [-0.2, -0.15) is 0 Å². The van der Waals surface area contributed by atoms with E-state index >= 15 is 0 Å². The molecule has 0 spiro atoms. The molecule has 1 radical (unpaired) electrons. The third-order valence-electron chi connectivity index (χ3n) is 8.40. The van der Waals surface area contributed by atoms with E-state index in [0.29, 0.717) is 19.0 Å². The van der Waals surface area contributed by atoms with Crippen LogP contribution in [-0.2, 0) is 9.47 Å². The average Bonchev–Trinajstić information content (AvgIpc) is 4.09. The van der Waals surface area contributed by atoms with E-state index in [9.17, 15) is 52.7 Å². The van der Waals surface area contributed by atoms with Crippen molar-refractivity contribution < 1.29 is 109 Å². The largest absolute Gasteiger partial charge is 3.00 e. The standard InChI is InChI=1S/3C13H7F4N2.2C4H8O.Yb/c3*14-8-3-1-4-9(15)12(8)18-7-19-13-10(16)5-2-6-11(13)17;2*1-2-4-5-3-1;/h3*1-7H;2*1-4H2;/q3*-1;;;+3. The number of ether oxygens (including phenoxy) is 2. The van der Waals surface area contributed by atoms with Gasteiger partial charge in [0.25, 0.3) is 0 Å². The third-order valence-corrected chi connectivity index (χ3v) is 8.40. The van der Waals surface area contributed by atoms with E-state index < -0.39 is 104 Å². The number of aliphatic imine (C=N–C) groups is 3. The molecule has 0 unspecified atom stereocenters. The molecule has 0 aromatic heterocycles. The van der Waals surface area contributed by atoms with Crippen molar-refractivity contribution in [3.05, 3.63) is 195 Å². The zero-order chi connectivity index (χ0) is 48.6. The minimum atomic E-state index is -0.888. The number of para-hydroxylation sites is 6. The van der Waals surface area contributed by atoms with Crippen LogP contribution in [0, 0.1) is 117 Å². The molecule has 2 aliphatic rings. The topological polar surface area (TPSA) is 97.8 Å². The van der Waals surface area contributed by atoms with Crippen LogP contribution in [0.1, 0.15) is 25.7 Å². The quantitative estimate of drug-likeness (QED) is 0.0819. The monoisotopic (exact) mass is 1120 g/mol. The summed E-state index contributed by atoms with van der Waals surface area (Å²) in [4.78, 5) is 10.2. The maximum atomic E-state index is 13.2. The molecule has 68 heavy (non-hydrogen) atoms. The predicted octanol–water partition coefficient (Wildman–Crippen LogP) is 15.4. The van der Waals surface area contributed by atoms with Gasteiger partial charge in [-0.15, -0.1) is 0 Å². The molecule has 365 valence electrons. The van der Waals surface area contributed by atoms with Crippen LogP contribution >= 0.6 is 0 Å². The summed E-state index contributed by atoms with van der Waals surface area (Å²) in [5.74, 6) is -10.7. The van der Waals surface area contributed by atoms with Crippen LogP contribution in [0.3, 0.4) is 0 Å². The molecule has 0 atom stereocenters. The Hall–Kier alpha value is -5.67. The van der Waals surface area contributed by atoms with Gasteiger partial charge in [0, 0.05) is 60.6 Å². The summed E-state index contributed by atoms with van der Waals surface area (Å²) in [6, 6.07) is 19.2. The van der Waals surface area contributed by atoms with Crippen LogP contribution in [0.4, 0.5) is 86.8 Å². The molecule has 8 rings (SSSR count). The number of benzene rings is 6. The predicted molar refractivity (Wildman–Crippen MR) is 232 cm³/mol. The van der Waals surface area contributed by atoms with Gasteiger partial charge in [-0.1, -0.05) is 55.4 Å². The molecule has 2 fully saturated rings. The van der Waals surface area contributed by atoms with Crippen molar-refractivity contribution in [2.75, 3.05) is 26.4 Å².